The van der Waals surface area contributed by atoms with Gasteiger partial charge in [-0.05, 0) is 25.5 Å². The molecule has 13 heavy (non-hydrogen) atoms. The zero-order chi connectivity index (χ0) is 9.10. The Hall–Kier alpha value is -1.44. The quantitative estimate of drug-likeness (QED) is 0.685. The minimum absolute atomic E-state index is 0.900. The Morgan fingerprint density at radius 1 is 1.23 bits per heavy atom. The largest absolute Gasteiger partial charge is 0.380 e. The third-order valence-corrected chi connectivity index (χ3v) is 2.12. The molecule has 0 aromatic heterocycles. The molecule has 0 fully saturated rings. The van der Waals surface area contributed by atoms with E-state index in [-0.39, 0.29) is 0 Å². The van der Waals surface area contributed by atoms with Crippen LogP contribution in [0.5, 0.6) is 5.75 Å². The van der Waals surface area contributed by atoms with Crippen molar-refractivity contribution in [1.29, 1.82) is 0 Å². The summed E-state index contributed by atoms with van der Waals surface area (Å²) in [6.07, 6.45) is 3.27. The van der Waals surface area contributed by atoms with Gasteiger partial charge in [0.15, 0.2) is 5.75 Å². The number of hydrogen-bond acceptors (Lipinski definition) is 2. The van der Waals surface area contributed by atoms with Gasteiger partial charge in [0, 0.05) is 5.70 Å². The second-order valence-electron chi connectivity index (χ2n) is 3.14. The van der Waals surface area contributed by atoms with E-state index in [9.17, 15) is 0 Å². The van der Waals surface area contributed by atoms with Gasteiger partial charge < -0.3 is 4.84 Å². The van der Waals surface area contributed by atoms with Gasteiger partial charge in [0.25, 0.3) is 0 Å². The van der Waals surface area contributed by atoms with Crippen molar-refractivity contribution in [3.63, 3.8) is 0 Å². The lowest BCUT2D eigenvalue weighted by Gasteiger charge is -2.19. The summed E-state index contributed by atoms with van der Waals surface area (Å²) in [5, 5.41) is 1.93. The summed E-state index contributed by atoms with van der Waals surface area (Å²) in [4.78, 5) is 5.65. The second kappa shape index (κ2) is 3.52. The van der Waals surface area contributed by atoms with E-state index in [2.05, 4.69) is 13.0 Å². The highest BCUT2D eigenvalue weighted by Gasteiger charge is 2.11. The second-order valence-corrected chi connectivity index (χ2v) is 3.14. The molecule has 0 N–H and O–H groups in total. The van der Waals surface area contributed by atoms with Crippen LogP contribution in [0.2, 0.25) is 0 Å². The molecular weight excluding hydrogens is 162 g/mol. The molecular formula is C11H13NO. The van der Waals surface area contributed by atoms with Gasteiger partial charge in [0.05, 0.1) is 6.54 Å². The lowest BCUT2D eigenvalue weighted by atomic mass is 10.3. The fraction of sp³-hybridized carbons (Fsp3) is 0.273. The van der Waals surface area contributed by atoms with Crippen LogP contribution in [0.4, 0.5) is 0 Å². The molecule has 2 heteroatoms. The summed E-state index contributed by atoms with van der Waals surface area (Å²) in [5.41, 5.74) is 1.20. The van der Waals surface area contributed by atoms with Crippen molar-refractivity contribution in [3.8, 4) is 5.75 Å². The van der Waals surface area contributed by atoms with Crippen LogP contribution in [0, 0.1) is 0 Å². The number of benzene rings is 1. The number of hydrogen-bond donors (Lipinski definition) is 0. The number of hydroxylamine groups is 2. The Bertz CT molecular complexity index is 305. The van der Waals surface area contributed by atoms with Gasteiger partial charge in [0.1, 0.15) is 0 Å². The summed E-state index contributed by atoms with van der Waals surface area (Å²) in [5.74, 6) is 0.900. The molecule has 2 nitrogen and oxygen atoms in total. The molecule has 1 aliphatic rings. The van der Waals surface area contributed by atoms with Gasteiger partial charge in [-0.25, -0.2) is 5.06 Å². The van der Waals surface area contributed by atoms with Gasteiger partial charge >= 0.3 is 0 Å². The van der Waals surface area contributed by atoms with E-state index in [4.69, 9.17) is 4.84 Å². The van der Waals surface area contributed by atoms with E-state index in [0.29, 0.717) is 0 Å². The van der Waals surface area contributed by atoms with Crippen LogP contribution in [0.3, 0.4) is 0 Å². The van der Waals surface area contributed by atoms with Crippen LogP contribution < -0.4 is 4.84 Å². The predicted molar refractivity (Wildman–Crippen MR) is 52.2 cm³/mol. The average molecular weight is 175 g/mol. The Kier molecular flexibility index (Phi) is 2.21. The summed E-state index contributed by atoms with van der Waals surface area (Å²) < 4.78 is 0. The molecule has 0 amide bonds. The van der Waals surface area contributed by atoms with Crippen LogP contribution in [0.1, 0.15) is 13.3 Å². The van der Waals surface area contributed by atoms with Crippen LogP contribution in [0.15, 0.2) is 42.1 Å². The smallest absolute Gasteiger partial charge is 0.155 e. The highest BCUT2D eigenvalue weighted by atomic mass is 16.7. The zero-order valence-corrected chi connectivity index (χ0v) is 7.73. The molecule has 1 aromatic rings. The van der Waals surface area contributed by atoms with Crippen molar-refractivity contribution in [2.75, 3.05) is 6.54 Å². The molecule has 0 saturated carbocycles. The van der Waals surface area contributed by atoms with Crippen molar-refractivity contribution in [1.82, 2.24) is 5.06 Å². The number of rotatable bonds is 2. The maximum Gasteiger partial charge on any atom is 0.155 e. The minimum Gasteiger partial charge on any atom is -0.380 e. The van der Waals surface area contributed by atoms with E-state index in [1.54, 1.807) is 0 Å². The molecule has 68 valence electrons. The Morgan fingerprint density at radius 2 is 2.00 bits per heavy atom. The first-order chi connectivity index (χ1) is 6.36. The van der Waals surface area contributed by atoms with Crippen LogP contribution in [0.25, 0.3) is 0 Å². The van der Waals surface area contributed by atoms with Crippen molar-refractivity contribution < 1.29 is 4.84 Å². The Balaban J connectivity index is 2.03. The summed E-state index contributed by atoms with van der Waals surface area (Å²) in [6.45, 7) is 3.02. The molecule has 1 heterocycles. The summed E-state index contributed by atoms with van der Waals surface area (Å²) in [7, 11) is 0. The van der Waals surface area contributed by atoms with Gasteiger partial charge in [-0.2, -0.15) is 0 Å². The summed E-state index contributed by atoms with van der Waals surface area (Å²) >= 11 is 0. The van der Waals surface area contributed by atoms with Gasteiger partial charge in [-0.1, -0.05) is 24.3 Å². The first-order valence-electron chi connectivity index (χ1n) is 4.53. The van der Waals surface area contributed by atoms with Crippen LogP contribution >= 0.6 is 0 Å². The van der Waals surface area contributed by atoms with E-state index >= 15 is 0 Å². The lowest BCUT2D eigenvalue weighted by Crippen LogP contribution is -2.22. The molecule has 0 atom stereocenters. The monoisotopic (exact) mass is 175 g/mol. The third-order valence-electron chi connectivity index (χ3n) is 2.12. The molecule has 0 radical (unpaired) electrons. The van der Waals surface area contributed by atoms with E-state index in [1.807, 2.05) is 35.4 Å². The van der Waals surface area contributed by atoms with Crippen molar-refractivity contribution >= 4 is 0 Å². The maximum atomic E-state index is 5.65. The molecule has 2 rings (SSSR count). The van der Waals surface area contributed by atoms with Crippen molar-refractivity contribution in [3.05, 3.63) is 42.1 Å². The van der Waals surface area contributed by atoms with E-state index < -0.39 is 0 Å². The number of para-hydroxylation sites is 1. The standard InChI is InChI=1S/C11H13NO/c1-10-6-5-9-12(10)13-11-7-3-2-4-8-11/h2-4,6-8H,5,9H2,1H3. The fourth-order valence-corrected chi connectivity index (χ4v) is 1.40. The van der Waals surface area contributed by atoms with Crippen molar-refractivity contribution in [2.45, 2.75) is 13.3 Å². The molecule has 0 spiro atoms. The first kappa shape index (κ1) is 8.17. The molecule has 0 aliphatic carbocycles. The lowest BCUT2D eigenvalue weighted by molar-refractivity contribution is -0.0109. The van der Waals surface area contributed by atoms with Crippen LogP contribution in [-0.2, 0) is 0 Å². The normalized spacial score (nSPS) is 15.8. The minimum atomic E-state index is 0.900. The first-order valence-corrected chi connectivity index (χ1v) is 4.53. The SMILES string of the molecule is CC1=CCCN1Oc1ccccc1. The van der Waals surface area contributed by atoms with Crippen LogP contribution in [-0.4, -0.2) is 11.6 Å². The highest BCUT2D eigenvalue weighted by molar-refractivity contribution is 5.21. The number of allylic oxidation sites excluding steroid dienone is 1. The highest BCUT2D eigenvalue weighted by Crippen LogP contribution is 2.18. The molecule has 0 unspecified atom stereocenters. The molecule has 1 aromatic carbocycles. The Morgan fingerprint density at radius 3 is 2.62 bits per heavy atom. The predicted octanol–water partition coefficient (Wildman–Crippen LogP) is 2.59. The van der Waals surface area contributed by atoms with Gasteiger partial charge in [-0.3, -0.25) is 0 Å². The fourth-order valence-electron chi connectivity index (χ4n) is 1.40. The number of nitrogens with zero attached hydrogens (tertiary/aromatic N) is 1. The zero-order valence-electron chi connectivity index (χ0n) is 7.73. The van der Waals surface area contributed by atoms with Gasteiger partial charge in [-0.15, -0.1) is 0 Å². The van der Waals surface area contributed by atoms with E-state index in [1.165, 1.54) is 5.70 Å². The topological polar surface area (TPSA) is 12.5 Å². The van der Waals surface area contributed by atoms with Crippen molar-refractivity contribution in [2.24, 2.45) is 0 Å². The van der Waals surface area contributed by atoms with Gasteiger partial charge in [0.2, 0.25) is 0 Å². The maximum absolute atomic E-state index is 5.65. The molecule has 0 saturated heterocycles. The molecule has 0 bridgehead atoms. The average Bonchev–Trinajstić information content (AvgIpc) is 2.54. The third kappa shape index (κ3) is 1.83. The Labute approximate surface area is 78.4 Å². The van der Waals surface area contributed by atoms with E-state index in [0.717, 1.165) is 18.7 Å². The molecule has 1 aliphatic heterocycles. The summed E-state index contributed by atoms with van der Waals surface area (Å²) in [6, 6.07) is 9.87.